The topological polar surface area (TPSA) is 116 Å². The molecule has 1 fully saturated rings. The van der Waals surface area contributed by atoms with Gasteiger partial charge < -0.3 is 24.8 Å². The summed E-state index contributed by atoms with van der Waals surface area (Å²) in [7, 11) is 0. The van der Waals surface area contributed by atoms with E-state index in [1.807, 2.05) is 54.3 Å². The van der Waals surface area contributed by atoms with E-state index >= 15 is 0 Å². The molecular formula is C27H21N3O5S. The number of anilines is 1. The summed E-state index contributed by atoms with van der Waals surface area (Å²) in [4.78, 5) is 29.6. The molecular weight excluding hydrogens is 478 g/mol. The molecule has 0 unspecified atom stereocenters. The molecule has 8 nitrogen and oxygen atoms in total. The number of aromatic carboxylic acids is 2. The van der Waals surface area contributed by atoms with Crippen LogP contribution in [0.15, 0.2) is 83.4 Å². The average Bonchev–Trinajstić information content (AvgIpc) is 3.49. The number of nitrogens with zero attached hydrogens (tertiary/aromatic N) is 2. The van der Waals surface area contributed by atoms with E-state index in [-0.39, 0.29) is 17.2 Å². The molecule has 2 atom stereocenters. The number of hydrogen-bond donors (Lipinski definition) is 3. The third-order valence-electron chi connectivity index (χ3n) is 6.04. The van der Waals surface area contributed by atoms with Gasteiger partial charge in [-0.2, -0.15) is 0 Å². The summed E-state index contributed by atoms with van der Waals surface area (Å²) in [6.07, 6.45) is 1.71. The average molecular weight is 500 g/mol. The third kappa shape index (κ3) is 4.32. The largest absolute Gasteiger partial charge is 0.478 e. The summed E-state index contributed by atoms with van der Waals surface area (Å²) in [5.41, 5.74) is 2.84. The van der Waals surface area contributed by atoms with Gasteiger partial charge in [-0.15, -0.1) is 0 Å². The number of thiocarbonyl (C=S) groups is 1. The molecule has 180 valence electrons. The number of benzene rings is 2. The Morgan fingerprint density at radius 2 is 1.67 bits per heavy atom. The molecule has 1 aliphatic rings. The second-order valence-corrected chi connectivity index (χ2v) is 8.83. The molecule has 3 heterocycles. The van der Waals surface area contributed by atoms with Gasteiger partial charge in [-0.1, -0.05) is 23.8 Å². The van der Waals surface area contributed by atoms with Crippen LogP contribution in [0, 0.1) is 6.92 Å². The minimum absolute atomic E-state index is 0.140. The van der Waals surface area contributed by atoms with Gasteiger partial charge in [0.25, 0.3) is 0 Å². The predicted molar refractivity (Wildman–Crippen MR) is 137 cm³/mol. The molecule has 3 N–H and O–H groups in total. The number of carboxylic acids is 2. The summed E-state index contributed by atoms with van der Waals surface area (Å²) in [6, 6.07) is 20.3. The van der Waals surface area contributed by atoms with Gasteiger partial charge in [0.15, 0.2) is 5.11 Å². The van der Waals surface area contributed by atoms with E-state index in [1.165, 1.54) is 12.1 Å². The number of pyridine rings is 1. The second-order valence-electron chi connectivity index (χ2n) is 8.44. The van der Waals surface area contributed by atoms with E-state index < -0.39 is 18.0 Å². The van der Waals surface area contributed by atoms with Crippen molar-refractivity contribution in [2.24, 2.45) is 0 Å². The predicted octanol–water partition coefficient (Wildman–Crippen LogP) is 5.22. The van der Waals surface area contributed by atoms with Crippen molar-refractivity contribution in [2.45, 2.75) is 19.0 Å². The molecule has 5 rings (SSSR count). The number of carbonyl (C=O) groups is 2. The lowest BCUT2D eigenvalue weighted by molar-refractivity contribution is 0.0696. The Balaban J connectivity index is 1.61. The molecule has 2 aromatic heterocycles. The smallest absolute Gasteiger partial charge is 0.335 e. The van der Waals surface area contributed by atoms with Crippen LogP contribution in [0.5, 0.6) is 0 Å². The Morgan fingerprint density at radius 3 is 2.28 bits per heavy atom. The number of aromatic nitrogens is 1. The summed E-state index contributed by atoms with van der Waals surface area (Å²) >= 11 is 5.72. The highest BCUT2D eigenvalue weighted by atomic mass is 32.1. The zero-order valence-corrected chi connectivity index (χ0v) is 19.9. The molecule has 0 amide bonds. The number of furan rings is 1. The quantitative estimate of drug-likeness (QED) is 0.307. The van der Waals surface area contributed by atoms with Crippen molar-refractivity contribution in [3.05, 3.63) is 107 Å². The van der Waals surface area contributed by atoms with Gasteiger partial charge in [0.1, 0.15) is 17.6 Å². The standard InChI is InChI=1S/C27H21N3O5S/c1-15-5-7-19(8-6-15)30-24(23(29-27(30)36)20-4-2-3-11-28-20)22-10-9-21(35-22)16-12-17(25(31)32)14-18(13-16)26(33)34/h2-14,23-24H,1H3,(H,29,36)(H,31,32)(H,33,34)/t23-,24-/m1/s1. The van der Waals surface area contributed by atoms with E-state index in [2.05, 4.69) is 10.3 Å². The fraction of sp³-hybridized carbons (Fsp3) is 0.111. The molecule has 0 saturated carbocycles. The Labute approximate surface area is 211 Å². The molecule has 9 heteroatoms. The number of nitrogens with one attached hydrogen (secondary N) is 1. The molecule has 36 heavy (non-hydrogen) atoms. The minimum Gasteiger partial charge on any atom is -0.478 e. The van der Waals surface area contributed by atoms with Crippen molar-refractivity contribution in [3.8, 4) is 11.3 Å². The van der Waals surface area contributed by atoms with Crippen LogP contribution >= 0.6 is 12.2 Å². The summed E-state index contributed by atoms with van der Waals surface area (Å²) < 4.78 is 6.24. The van der Waals surface area contributed by atoms with Gasteiger partial charge in [0.05, 0.1) is 22.9 Å². The fourth-order valence-electron chi connectivity index (χ4n) is 4.31. The van der Waals surface area contributed by atoms with Crippen LogP contribution < -0.4 is 10.2 Å². The van der Waals surface area contributed by atoms with Crippen LogP contribution in [0.2, 0.25) is 0 Å². The SMILES string of the molecule is Cc1ccc(N2C(=S)N[C@H](c3ccccn3)[C@H]2c2ccc(-c3cc(C(=O)O)cc(C(=O)O)c3)o2)cc1. The van der Waals surface area contributed by atoms with E-state index in [9.17, 15) is 19.8 Å². The molecule has 0 aliphatic carbocycles. The Kier molecular flexibility index (Phi) is 5.99. The van der Waals surface area contributed by atoms with Crippen LogP contribution in [0.4, 0.5) is 5.69 Å². The lowest BCUT2D eigenvalue weighted by atomic mass is 10.0. The lowest BCUT2D eigenvalue weighted by Crippen LogP contribution is -2.29. The minimum atomic E-state index is -1.22. The van der Waals surface area contributed by atoms with Crippen LogP contribution in [0.3, 0.4) is 0 Å². The highest BCUT2D eigenvalue weighted by molar-refractivity contribution is 7.80. The summed E-state index contributed by atoms with van der Waals surface area (Å²) in [5.74, 6) is -1.54. The molecule has 2 aromatic carbocycles. The first-order valence-corrected chi connectivity index (χ1v) is 11.5. The second kappa shape index (κ2) is 9.27. The Morgan fingerprint density at radius 1 is 0.972 bits per heavy atom. The number of hydrogen-bond acceptors (Lipinski definition) is 5. The number of aryl methyl sites for hydroxylation is 1. The maximum Gasteiger partial charge on any atom is 0.335 e. The zero-order valence-electron chi connectivity index (χ0n) is 19.1. The zero-order chi connectivity index (χ0) is 25.4. The molecule has 1 aliphatic heterocycles. The maximum absolute atomic E-state index is 11.6. The van der Waals surface area contributed by atoms with Gasteiger partial charge in [0.2, 0.25) is 0 Å². The fourth-order valence-corrected chi connectivity index (χ4v) is 4.66. The first kappa shape index (κ1) is 23.3. The van der Waals surface area contributed by atoms with Gasteiger partial charge >= 0.3 is 11.9 Å². The summed E-state index contributed by atoms with van der Waals surface area (Å²) in [5, 5.41) is 22.8. The van der Waals surface area contributed by atoms with E-state index in [4.69, 9.17) is 16.6 Å². The van der Waals surface area contributed by atoms with E-state index in [0.29, 0.717) is 22.2 Å². The molecule has 0 bridgehead atoms. The molecule has 4 aromatic rings. The Hall–Kier alpha value is -4.50. The molecule has 0 radical (unpaired) electrons. The van der Waals surface area contributed by atoms with Crippen molar-refractivity contribution in [1.29, 1.82) is 0 Å². The van der Waals surface area contributed by atoms with Gasteiger partial charge in [-0.05, 0) is 73.7 Å². The van der Waals surface area contributed by atoms with Crippen molar-refractivity contribution >= 4 is 35.0 Å². The third-order valence-corrected chi connectivity index (χ3v) is 6.35. The van der Waals surface area contributed by atoms with Crippen molar-refractivity contribution < 1.29 is 24.2 Å². The van der Waals surface area contributed by atoms with E-state index in [1.54, 1.807) is 18.3 Å². The molecule has 0 spiro atoms. The van der Waals surface area contributed by atoms with Crippen molar-refractivity contribution in [1.82, 2.24) is 10.3 Å². The van der Waals surface area contributed by atoms with Crippen LogP contribution in [0.1, 0.15) is 49.8 Å². The maximum atomic E-state index is 11.6. The van der Waals surface area contributed by atoms with Crippen LogP contribution in [-0.2, 0) is 0 Å². The van der Waals surface area contributed by atoms with Crippen LogP contribution in [0.25, 0.3) is 11.3 Å². The highest BCUT2D eigenvalue weighted by Crippen LogP contribution is 2.43. The van der Waals surface area contributed by atoms with Crippen LogP contribution in [-0.4, -0.2) is 32.2 Å². The van der Waals surface area contributed by atoms with Crippen molar-refractivity contribution in [2.75, 3.05) is 4.90 Å². The normalized spacial score (nSPS) is 17.1. The molecule has 1 saturated heterocycles. The van der Waals surface area contributed by atoms with Crippen molar-refractivity contribution in [3.63, 3.8) is 0 Å². The monoisotopic (exact) mass is 499 g/mol. The highest BCUT2D eigenvalue weighted by Gasteiger charge is 2.42. The van der Waals surface area contributed by atoms with Gasteiger partial charge in [-0.3, -0.25) is 4.98 Å². The number of rotatable bonds is 6. The first-order chi connectivity index (χ1) is 17.3. The van der Waals surface area contributed by atoms with Gasteiger partial charge in [-0.25, -0.2) is 9.59 Å². The van der Waals surface area contributed by atoms with E-state index in [0.717, 1.165) is 23.0 Å². The first-order valence-electron chi connectivity index (χ1n) is 11.1. The summed E-state index contributed by atoms with van der Waals surface area (Å²) in [6.45, 7) is 2.01. The number of carboxylic acid groups (broad SMARTS) is 2. The Bertz CT molecular complexity index is 1430. The van der Waals surface area contributed by atoms with Gasteiger partial charge in [0, 0.05) is 17.4 Å². The lowest BCUT2D eigenvalue weighted by Gasteiger charge is -2.26.